The zero-order chi connectivity index (χ0) is 25.3. The Morgan fingerprint density at radius 1 is 0.853 bits per heavy atom. The van der Waals surface area contributed by atoms with E-state index in [0.717, 1.165) is 19.4 Å². The minimum absolute atomic E-state index is 0.157. The van der Waals surface area contributed by atoms with Crippen LogP contribution in [0, 0.1) is 0 Å². The van der Waals surface area contributed by atoms with Gasteiger partial charge >= 0.3 is 23.9 Å². The van der Waals surface area contributed by atoms with E-state index in [1.807, 2.05) is 30.3 Å². The number of esters is 4. The number of carbonyl (C=O) groups excluding carboxylic acids is 4. The molecule has 1 aliphatic heterocycles. The fraction of sp³-hybridized carbons (Fsp3) is 0.500. The highest BCUT2D eigenvalue weighted by atomic mass is 32.1. The molecule has 2 N–H and O–H groups in total. The van der Waals surface area contributed by atoms with E-state index in [0.29, 0.717) is 6.54 Å². The molecule has 1 saturated heterocycles. The average molecular weight is 497 g/mol. The highest BCUT2D eigenvalue weighted by molar-refractivity contribution is 7.80. The van der Waals surface area contributed by atoms with Crippen LogP contribution in [-0.4, -0.2) is 66.2 Å². The fourth-order valence-electron chi connectivity index (χ4n) is 3.30. The summed E-state index contributed by atoms with van der Waals surface area (Å²) in [6.07, 6.45) is -5.92. The Morgan fingerprint density at radius 3 is 1.97 bits per heavy atom. The molecule has 2 rings (SSSR count). The fourth-order valence-corrected chi connectivity index (χ4v) is 3.49. The molecule has 1 aromatic carbocycles. The van der Waals surface area contributed by atoms with Crippen LogP contribution in [0.1, 0.15) is 33.3 Å². The normalized spacial score (nSPS) is 23.7. The second-order valence-electron chi connectivity index (χ2n) is 7.43. The second-order valence-corrected chi connectivity index (χ2v) is 7.84. The van der Waals surface area contributed by atoms with Gasteiger partial charge in [-0.3, -0.25) is 19.2 Å². The van der Waals surface area contributed by atoms with Crippen LogP contribution >= 0.6 is 12.2 Å². The molecule has 186 valence electrons. The summed E-state index contributed by atoms with van der Waals surface area (Å²) in [6.45, 7) is 4.76. The summed E-state index contributed by atoms with van der Waals surface area (Å²) in [6, 6.07) is 9.46. The van der Waals surface area contributed by atoms with E-state index in [-0.39, 0.29) is 11.7 Å². The van der Waals surface area contributed by atoms with E-state index in [4.69, 9.17) is 35.9 Å². The smallest absolute Gasteiger partial charge is 0.303 e. The van der Waals surface area contributed by atoms with Crippen molar-refractivity contribution >= 4 is 41.2 Å². The van der Waals surface area contributed by atoms with Gasteiger partial charge in [0.2, 0.25) is 0 Å². The number of ether oxygens (including phenoxy) is 5. The van der Waals surface area contributed by atoms with Gasteiger partial charge in [0.15, 0.2) is 29.7 Å². The molecule has 34 heavy (non-hydrogen) atoms. The standard InChI is InChI=1S/C22H28N2O9S/c1-12(25)29-11-17-18(30-13(2)26)19(31-14(3)27)20(32-15(4)28)21(33-17)24-22(34)23-10-16-8-6-5-7-9-16/h5-9,17-21H,10-11H2,1-4H3,(H2,23,24,34). The van der Waals surface area contributed by atoms with E-state index >= 15 is 0 Å². The van der Waals surface area contributed by atoms with Gasteiger partial charge in [-0.15, -0.1) is 0 Å². The maximum Gasteiger partial charge on any atom is 0.303 e. The highest BCUT2D eigenvalue weighted by Gasteiger charge is 2.52. The summed E-state index contributed by atoms with van der Waals surface area (Å²) >= 11 is 5.35. The molecular formula is C22H28N2O9S. The molecule has 0 radical (unpaired) electrons. The van der Waals surface area contributed by atoms with Crippen molar-refractivity contribution in [2.75, 3.05) is 6.61 Å². The van der Waals surface area contributed by atoms with Gasteiger partial charge in [-0.1, -0.05) is 30.3 Å². The van der Waals surface area contributed by atoms with Crippen molar-refractivity contribution in [2.45, 2.75) is 64.9 Å². The van der Waals surface area contributed by atoms with Gasteiger partial charge in [0.25, 0.3) is 0 Å². The molecule has 12 heteroatoms. The number of hydrogen-bond donors (Lipinski definition) is 2. The summed E-state index contributed by atoms with van der Waals surface area (Å²) in [5.41, 5.74) is 0.966. The van der Waals surface area contributed by atoms with E-state index in [1.54, 1.807) is 0 Å². The monoisotopic (exact) mass is 496 g/mol. The SMILES string of the molecule is CC(=O)OCC1OC(NC(=S)NCc2ccccc2)C(OC(C)=O)C(OC(C)=O)C1OC(C)=O. The molecule has 0 spiro atoms. The highest BCUT2D eigenvalue weighted by Crippen LogP contribution is 2.28. The predicted octanol–water partition coefficient (Wildman–Crippen LogP) is 0.734. The molecular weight excluding hydrogens is 468 g/mol. The topological polar surface area (TPSA) is 138 Å². The molecule has 0 amide bonds. The van der Waals surface area contributed by atoms with Crippen LogP contribution in [0.15, 0.2) is 30.3 Å². The van der Waals surface area contributed by atoms with Crippen molar-refractivity contribution in [1.82, 2.24) is 10.6 Å². The lowest BCUT2D eigenvalue weighted by Crippen LogP contribution is -2.66. The lowest BCUT2D eigenvalue weighted by molar-refractivity contribution is -0.254. The average Bonchev–Trinajstić information content (AvgIpc) is 2.75. The molecule has 1 heterocycles. The van der Waals surface area contributed by atoms with Crippen molar-refractivity contribution in [2.24, 2.45) is 0 Å². The Hall–Kier alpha value is -3.25. The van der Waals surface area contributed by atoms with Crippen molar-refractivity contribution in [3.05, 3.63) is 35.9 Å². The molecule has 0 saturated carbocycles. The van der Waals surface area contributed by atoms with Crippen LogP contribution in [0.4, 0.5) is 0 Å². The van der Waals surface area contributed by atoms with Crippen molar-refractivity contribution in [1.29, 1.82) is 0 Å². The van der Waals surface area contributed by atoms with E-state index in [9.17, 15) is 19.2 Å². The number of benzene rings is 1. The first-order valence-electron chi connectivity index (χ1n) is 10.5. The van der Waals surface area contributed by atoms with Gasteiger partial charge in [0.05, 0.1) is 0 Å². The first-order chi connectivity index (χ1) is 16.1. The van der Waals surface area contributed by atoms with Crippen molar-refractivity contribution in [3.8, 4) is 0 Å². The summed E-state index contributed by atoms with van der Waals surface area (Å²) < 4.78 is 27.1. The van der Waals surface area contributed by atoms with Gasteiger partial charge in [-0.25, -0.2) is 0 Å². The molecule has 1 aliphatic rings. The third-order valence-electron chi connectivity index (χ3n) is 4.56. The molecule has 0 bridgehead atoms. The van der Waals surface area contributed by atoms with Crippen LogP contribution in [0.3, 0.4) is 0 Å². The molecule has 5 atom stereocenters. The molecule has 5 unspecified atom stereocenters. The predicted molar refractivity (Wildman–Crippen MR) is 121 cm³/mol. The first-order valence-corrected chi connectivity index (χ1v) is 10.9. The third-order valence-corrected chi connectivity index (χ3v) is 4.82. The Balaban J connectivity index is 2.29. The minimum atomic E-state index is -1.27. The van der Waals surface area contributed by atoms with Crippen LogP contribution in [-0.2, 0) is 49.4 Å². The summed E-state index contributed by atoms with van der Waals surface area (Å²) in [7, 11) is 0. The summed E-state index contributed by atoms with van der Waals surface area (Å²) in [5.74, 6) is -2.70. The van der Waals surface area contributed by atoms with E-state index < -0.39 is 54.5 Å². The molecule has 0 aromatic heterocycles. The van der Waals surface area contributed by atoms with Gasteiger partial charge in [0.1, 0.15) is 12.7 Å². The summed E-state index contributed by atoms with van der Waals surface area (Å²) in [5, 5.41) is 6.05. The zero-order valence-electron chi connectivity index (χ0n) is 19.3. The van der Waals surface area contributed by atoms with Crippen molar-refractivity contribution in [3.63, 3.8) is 0 Å². The van der Waals surface area contributed by atoms with E-state index in [2.05, 4.69) is 10.6 Å². The zero-order valence-corrected chi connectivity index (χ0v) is 20.1. The Morgan fingerprint density at radius 2 is 1.41 bits per heavy atom. The van der Waals surface area contributed by atoms with Crippen LogP contribution in [0.5, 0.6) is 0 Å². The largest absolute Gasteiger partial charge is 0.463 e. The number of rotatable bonds is 8. The second kappa shape index (κ2) is 12.8. The lowest BCUT2D eigenvalue weighted by Gasteiger charge is -2.44. The molecule has 11 nitrogen and oxygen atoms in total. The number of carbonyl (C=O) groups is 4. The van der Waals surface area contributed by atoms with Crippen molar-refractivity contribution < 1.29 is 42.9 Å². The van der Waals surface area contributed by atoms with Crippen LogP contribution in [0.2, 0.25) is 0 Å². The lowest BCUT2D eigenvalue weighted by atomic mass is 9.97. The molecule has 0 aliphatic carbocycles. The Kier molecular flexibility index (Phi) is 10.2. The van der Waals surface area contributed by atoms with Crippen LogP contribution < -0.4 is 10.6 Å². The van der Waals surface area contributed by atoms with Gasteiger partial charge in [-0.05, 0) is 17.8 Å². The quantitative estimate of drug-likeness (QED) is 0.298. The van der Waals surface area contributed by atoms with Gasteiger partial charge in [-0.2, -0.15) is 0 Å². The van der Waals surface area contributed by atoms with Crippen LogP contribution in [0.25, 0.3) is 0 Å². The minimum Gasteiger partial charge on any atom is -0.463 e. The summed E-state index contributed by atoms with van der Waals surface area (Å²) in [4.78, 5) is 46.8. The maximum atomic E-state index is 11.8. The number of thiocarbonyl (C=S) groups is 1. The number of nitrogens with one attached hydrogen (secondary N) is 2. The third kappa shape index (κ3) is 8.60. The first kappa shape index (κ1) is 27.0. The molecule has 1 aromatic rings. The Labute approximate surface area is 202 Å². The number of hydrogen-bond acceptors (Lipinski definition) is 10. The van der Waals surface area contributed by atoms with E-state index in [1.165, 1.54) is 13.8 Å². The Bertz CT molecular complexity index is 896. The maximum absolute atomic E-state index is 11.8. The van der Waals surface area contributed by atoms with Gasteiger partial charge < -0.3 is 34.3 Å². The van der Waals surface area contributed by atoms with Gasteiger partial charge in [0, 0.05) is 34.2 Å². The molecule has 1 fully saturated rings.